The van der Waals surface area contributed by atoms with E-state index < -0.39 is 0 Å². The molecule has 11 rings (SSSR count). The van der Waals surface area contributed by atoms with Gasteiger partial charge in [-0.25, -0.2) is 24.9 Å². The number of aromatic nitrogens is 11. The van der Waals surface area contributed by atoms with Gasteiger partial charge in [0.15, 0.2) is 0 Å². The molecule has 11 heteroatoms. The van der Waals surface area contributed by atoms with Crippen LogP contribution in [0.25, 0.3) is 43.6 Å². The van der Waals surface area contributed by atoms with Crippen molar-refractivity contribution in [3.63, 3.8) is 0 Å². The van der Waals surface area contributed by atoms with Crippen molar-refractivity contribution in [2.75, 3.05) is 0 Å². The number of rotatable bonds is 1. The van der Waals surface area contributed by atoms with Gasteiger partial charge in [0.2, 0.25) is 0 Å². The maximum absolute atomic E-state index is 4.57. The summed E-state index contributed by atoms with van der Waals surface area (Å²) in [6.45, 7) is 71.3. The minimum Gasteiger partial charge on any atom is -0.331 e. The smallest absolute Gasteiger partial charge is 0.116 e. The van der Waals surface area contributed by atoms with Gasteiger partial charge in [0.1, 0.15) is 18.5 Å². The van der Waals surface area contributed by atoms with Crippen molar-refractivity contribution in [3.8, 4) is 0 Å². The Morgan fingerprint density at radius 3 is 0.900 bits per heavy atom. The summed E-state index contributed by atoms with van der Waals surface area (Å²) >= 11 is 0. The predicted octanol–water partition coefficient (Wildman–Crippen LogP) is 28.6. The molecule has 0 aliphatic heterocycles. The van der Waals surface area contributed by atoms with Gasteiger partial charge in [-0.2, -0.15) is 0 Å². The molecule has 0 fully saturated rings. The van der Waals surface area contributed by atoms with Gasteiger partial charge >= 0.3 is 0 Å². The number of imidazole rings is 1. The minimum absolute atomic E-state index is 0. The molecule has 564 valence electrons. The molecule has 0 N–H and O–H groups in total. The molecule has 11 aromatic rings. The average Bonchev–Trinajstić information content (AvgIpc) is 1.66. The normalized spacial score (nSPS) is 8.50. The van der Waals surface area contributed by atoms with Gasteiger partial charge in [-0.3, -0.25) is 24.9 Å². The van der Waals surface area contributed by atoms with Crippen LogP contribution < -0.4 is 0 Å². The molecule has 0 radical (unpaired) electrons. The summed E-state index contributed by atoms with van der Waals surface area (Å²) < 4.78 is 2.17. The molecule has 0 spiro atoms. The van der Waals surface area contributed by atoms with E-state index in [1.54, 1.807) is 62.0 Å². The van der Waals surface area contributed by atoms with E-state index in [1.807, 2.05) is 219 Å². The van der Waals surface area contributed by atoms with E-state index in [9.17, 15) is 0 Å². The van der Waals surface area contributed by atoms with E-state index in [-0.39, 0.29) is 7.43 Å². The highest BCUT2D eigenvalue weighted by atomic mass is 15.1. The zero-order chi connectivity index (χ0) is 78.0. The average molecular weight is 1380 g/mol. The van der Waals surface area contributed by atoms with E-state index in [0.29, 0.717) is 5.92 Å². The van der Waals surface area contributed by atoms with Crippen molar-refractivity contribution in [2.45, 2.75) is 249 Å². The largest absolute Gasteiger partial charge is 0.331 e. The first kappa shape index (κ1) is 113. The number of hydrogen-bond donors (Lipinski definition) is 0. The molecule has 7 heterocycles. The first-order valence-electron chi connectivity index (χ1n) is 36.9. The molecule has 7 aromatic heterocycles. The lowest BCUT2D eigenvalue weighted by Crippen LogP contribution is -1.99. The molecule has 0 atom stereocenters. The highest BCUT2D eigenvalue weighted by Gasteiger charge is 2.09. The number of aryl methyl sites for hydroxylation is 1. The van der Waals surface area contributed by atoms with Crippen molar-refractivity contribution in [2.24, 2.45) is 42.6 Å². The van der Waals surface area contributed by atoms with Gasteiger partial charge in [0.05, 0.1) is 22.1 Å². The van der Waals surface area contributed by atoms with E-state index in [2.05, 4.69) is 236 Å². The van der Waals surface area contributed by atoms with E-state index >= 15 is 0 Å². The SMILES string of the molecule is C.CC.CC.CC.CC.CC.CC.CC.CC(C)C.CC(C)C.CC(C)C.CC(C)C.CC(C)C.CC(C)C.CC(C)c1nc2ccccc2n1C.c1ccc2cnccc2c1.c1ccc2ncccc2c1.c1ccc2ncncc2c1.c1ccncc1.c1cnccn1.c1cncnc1. The highest BCUT2D eigenvalue weighted by Crippen LogP contribution is 2.20. The zero-order valence-corrected chi connectivity index (χ0v) is 69.8. The maximum Gasteiger partial charge on any atom is 0.116 e. The zero-order valence-electron chi connectivity index (χ0n) is 69.8. The van der Waals surface area contributed by atoms with Gasteiger partial charge in [-0.15, -0.1) is 0 Å². The first-order chi connectivity index (χ1) is 47.5. The van der Waals surface area contributed by atoms with Crippen molar-refractivity contribution in [3.05, 3.63) is 232 Å². The van der Waals surface area contributed by atoms with Crippen LogP contribution in [-0.2, 0) is 7.05 Å². The van der Waals surface area contributed by atoms with Gasteiger partial charge in [0.25, 0.3) is 0 Å². The fourth-order valence-corrected chi connectivity index (χ4v) is 5.47. The third-order valence-electron chi connectivity index (χ3n) is 8.34. The maximum atomic E-state index is 4.57. The molecule has 0 unspecified atom stereocenters. The van der Waals surface area contributed by atoms with Crippen LogP contribution in [-0.4, -0.2) is 54.4 Å². The van der Waals surface area contributed by atoms with Gasteiger partial charge < -0.3 is 4.57 Å². The number of nitrogens with zero attached hydrogens (tertiary/aromatic N) is 11. The molecule has 100 heavy (non-hydrogen) atoms. The standard InChI is InChI=1S/C11H14N2.2C9H7N.C8H6N2.C5H5N.2C4H4N2.6C4H10.7C2H6.CH4/c1-8(2)11-12-9-6-4-5-7-10(9)13(11)3;1-2-6-9-8(4-1)5-3-7-10-9;1-2-4-9-7-10-6-5-8(9)3-1;1-2-4-8-7(3-1)5-9-6-10-8;1-2-4-6-5-3-1;1-2-6-4-3-5-1;1-2-5-4-6-3-1;6*1-4(2)3;7*1-2;/h4-8H,1-3H3;2*1-7H;1-6H;1-5H;2*1-4H;6*4H,1-3H3;7*1-2H3;1H4. The monoisotopic (exact) mass is 1380 g/mol. The summed E-state index contributed by atoms with van der Waals surface area (Å²) in [6.07, 6.45) is 23.8. The second-order valence-corrected chi connectivity index (χ2v) is 23.4. The second-order valence-electron chi connectivity index (χ2n) is 23.4. The number of para-hydroxylation sites is 4. The van der Waals surface area contributed by atoms with Gasteiger partial charge in [-0.1, -0.05) is 328 Å². The van der Waals surface area contributed by atoms with Crippen molar-refractivity contribution in [1.82, 2.24) is 54.4 Å². The second kappa shape index (κ2) is 90.8. The third-order valence-corrected chi connectivity index (χ3v) is 8.34. The molecular weight excluding hydrogens is 1220 g/mol. The molecule has 0 saturated heterocycles. The summed E-state index contributed by atoms with van der Waals surface area (Å²) in [4.78, 5) is 39.3. The summed E-state index contributed by atoms with van der Waals surface area (Å²) in [6, 6.07) is 45.9. The molecule has 4 aromatic carbocycles. The Kier molecular flexibility index (Phi) is 103. The molecule has 0 saturated carbocycles. The number of fused-ring (bicyclic) bond motifs is 4. The Balaban J connectivity index is -0.000000110. The van der Waals surface area contributed by atoms with Crippen LogP contribution in [0.4, 0.5) is 0 Å². The number of pyridine rings is 3. The molecule has 0 aliphatic rings. The van der Waals surface area contributed by atoms with Crippen LogP contribution in [0.3, 0.4) is 0 Å². The topological polar surface area (TPSA) is 134 Å². The lowest BCUT2D eigenvalue weighted by Gasteiger charge is -2.04. The summed E-state index contributed by atoms with van der Waals surface area (Å²) in [5, 5.41) is 4.73. The Hall–Kier alpha value is -8.18. The lowest BCUT2D eigenvalue weighted by molar-refractivity contribution is 0.722. The molecule has 0 aliphatic carbocycles. The summed E-state index contributed by atoms with van der Waals surface area (Å²) in [7, 11) is 2.07. The Bertz CT molecular complexity index is 2560. The first-order valence-corrected chi connectivity index (χ1v) is 36.9. The van der Waals surface area contributed by atoms with Crippen LogP contribution in [0.15, 0.2) is 227 Å². The Morgan fingerprint density at radius 1 is 0.250 bits per heavy atom. The van der Waals surface area contributed by atoms with Crippen molar-refractivity contribution < 1.29 is 0 Å². The van der Waals surface area contributed by atoms with Gasteiger partial charge in [0, 0.05) is 98.1 Å². The highest BCUT2D eigenvalue weighted by molar-refractivity contribution is 5.81. The van der Waals surface area contributed by atoms with Crippen molar-refractivity contribution >= 4 is 43.6 Å². The Morgan fingerprint density at radius 2 is 0.580 bits per heavy atom. The molecule has 11 nitrogen and oxygen atoms in total. The lowest BCUT2D eigenvalue weighted by atomic mass is 10.2. The van der Waals surface area contributed by atoms with Crippen LogP contribution in [0.5, 0.6) is 0 Å². The quantitative estimate of drug-likeness (QED) is 0.156. The minimum atomic E-state index is 0. The summed E-state index contributed by atoms with van der Waals surface area (Å²) in [5.74, 6) is 6.64. The van der Waals surface area contributed by atoms with Crippen LogP contribution in [0.2, 0.25) is 0 Å². The summed E-state index contributed by atoms with van der Waals surface area (Å²) in [5.41, 5.74) is 4.36. The third kappa shape index (κ3) is 85.9. The predicted molar refractivity (Wildman–Crippen MR) is 455 cm³/mol. The fourth-order valence-electron chi connectivity index (χ4n) is 5.47. The number of benzene rings is 4. The van der Waals surface area contributed by atoms with E-state index in [1.165, 1.54) is 28.0 Å². The fraction of sp³-hybridized carbons (Fsp3) is 0.483. The molecule has 0 amide bonds. The van der Waals surface area contributed by atoms with Crippen LogP contribution in [0, 0.1) is 35.5 Å². The van der Waals surface area contributed by atoms with Gasteiger partial charge in [-0.05, 0) is 101 Å². The van der Waals surface area contributed by atoms with Crippen LogP contribution in [0.1, 0.15) is 255 Å². The van der Waals surface area contributed by atoms with E-state index in [0.717, 1.165) is 63.3 Å². The van der Waals surface area contributed by atoms with Crippen molar-refractivity contribution in [1.29, 1.82) is 0 Å². The van der Waals surface area contributed by atoms with Crippen LogP contribution >= 0.6 is 0 Å². The number of hydrogen-bond acceptors (Lipinski definition) is 10. The molecule has 0 bridgehead atoms. The van der Waals surface area contributed by atoms with E-state index in [4.69, 9.17) is 0 Å². The molecular formula is C89H153N11. The Labute approximate surface area is 618 Å².